The standard InChI is InChI=1S/C28H34Br4O4/c1-5-25(19-7-9-27(35-17(3)33)21(11-19)13-23(31)15-29)26(6-2)20-8-10-28(36-18(4)34)22(12-20)14-24(32)16-30/h7-12,23-26H,5-6,13-16H2,1-4H3/t23-,24+,25-,26-/m0/s1. The van der Waals surface area contributed by atoms with Crippen LogP contribution in [0.1, 0.15) is 74.6 Å². The summed E-state index contributed by atoms with van der Waals surface area (Å²) in [5, 5.41) is 1.60. The van der Waals surface area contributed by atoms with Crippen molar-refractivity contribution in [3.05, 3.63) is 58.7 Å². The molecule has 0 aliphatic rings. The summed E-state index contributed by atoms with van der Waals surface area (Å²) in [6, 6.07) is 12.4. The van der Waals surface area contributed by atoms with Crippen molar-refractivity contribution in [2.24, 2.45) is 0 Å². The van der Waals surface area contributed by atoms with Crippen molar-refractivity contribution in [3.8, 4) is 11.5 Å². The number of benzene rings is 2. The summed E-state index contributed by atoms with van der Waals surface area (Å²) in [4.78, 5) is 23.8. The molecule has 8 heteroatoms. The fraction of sp³-hybridized carbons (Fsp3) is 0.500. The molecule has 0 aliphatic carbocycles. The van der Waals surface area contributed by atoms with Crippen LogP contribution in [-0.4, -0.2) is 32.3 Å². The molecule has 2 aromatic rings. The van der Waals surface area contributed by atoms with Crippen LogP contribution in [0, 0.1) is 0 Å². The quantitative estimate of drug-likeness (QED) is 0.117. The van der Waals surface area contributed by atoms with E-state index in [1.54, 1.807) is 0 Å². The van der Waals surface area contributed by atoms with Crippen molar-refractivity contribution >= 4 is 75.7 Å². The number of alkyl halides is 4. The van der Waals surface area contributed by atoms with Gasteiger partial charge in [-0.2, -0.15) is 0 Å². The van der Waals surface area contributed by atoms with Crippen molar-refractivity contribution in [1.82, 2.24) is 0 Å². The summed E-state index contributed by atoms with van der Waals surface area (Å²) in [5.41, 5.74) is 4.49. The summed E-state index contributed by atoms with van der Waals surface area (Å²) in [5.74, 6) is 1.15. The number of esters is 2. The van der Waals surface area contributed by atoms with Crippen LogP contribution in [0.3, 0.4) is 0 Å². The van der Waals surface area contributed by atoms with E-state index in [0.717, 1.165) is 47.5 Å². The third-order valence-electron chi connectivity index (χ3n) is 6.12. The molecular weight excluding hydrogens is 720 g/mol. The first-order chi connectivity index (χ1) is 17.1. The van der Waals surface area contributed by atoms with Crippen molar-refractivity contribution in [2.75, 3.05) is 10.7 Å². The Morgan fingerprint density at radius 1 is 0.722 bits per heavy atom. The summed E-state index contributed by atoms with van der Waals surface area (Å²) in [6.07, 6.45) is 3.42. The number of halogens is 4. The number of ether oxygens (including phenoxy) is 2. The average molecular weight is 754 g/mol. The second-order valence-electron chi connectivity index (χ2n) is 8.86. The number of carbonyl (C=O) groups excluding carboxylic acids is 2. The van der Waals surface area contributed by atoms with Crippen molar-refractivity contribution < 1.29 is 19.1 Å². The Morgan fingerprint density at radius 3 is 1.36 bits per heavy atom. The molecule has 36 heavy (non-hydrogen) atoms. The van der Waals surface area contributed by atoms with E-state index in [4.69, 9.17) is 9.47 Å². The molecule has 0 spiro atoms. The molecule has 2 rings (SSSR count). The molecule has 0 unspecified atom stereocenters. The van der Waals surface area contributed by atoms with E-state index in [-0.39, 0.29) is 33.4 Å². The van der Waals surface area contributed by atoms with Gasteiger partial charge in [0, 0.05) is 34.2 Å². The minimum Gasteiger partial charge on any atom is -0.426 e. The van der Waals surface area contributed by atoms with Crippen LogP contribution in [0.2, 0.25) is 0 Å². The van der Waals surface area contributed by atoms with Gasteiger partial charge in [0.1, 0.15) is 11.5 Å². The molecule has 0 fully saturated rings. The van der Waals surface area contributed by atoms with Crippen LogP contribution in [0.5, 0.6) is 11.5 Å². The number of rotatable bonds is 13. The highest BCUT2D eigenvalue weighted by molar-refractivity contribution is 9.12. The van der Waals surface area contributed by atoms with Gasteiger partial charge in [-0.25, -0.2) is 0 Å². The zero-order valence-corrected chi connectivity index (χ0v) is 27.5. The van der Waals surface area contributed by atoms with Crippen LogP contribution in [0.15, 0.2) is 36.4 Å². The number of hydrogen-bond acceptors (Lipinski definition) is 4. The maximum absolute atomic E-state index is 11.7. The maximum Gasteiger partial charge on any atom is 0.308 e. The summed E-state index contributed by atoms with van der Waals surface area (Å²) < 4.78 is 11.0. The van der Waals surface area contributed by atoms with Gasteiger partial charge in [0.05, 0.1) is 0 Å². The third kappa shape index (κ3) is 9.25. The minimum absolute atomic E-state index is 0.229. The van der Waals surface area contributed by atoms with Crippen LogP contribution in [-0.2, 0) is 22.4 Å². The lowest BCUT2D eigenvalue weighted by molar-refractivity contribution is -0.132. The zero-order chi connectivity index (χ0) is 26.8. The Labute approximate surface area is 248 Å². The Morgan fingerprint density at radius 2 is 1.08 bits per heavy atom. The van der Waals surface area contributed by atoms with Gasteiger partial charge in [0.25, 0.3) is 0 Å². The zero-order valence-electron chi connectivity index (χ0n) is 21.2. The molecule has 0 saturated heterocycles. The van der Waals surface area contributed by atoms with Gasteiger partial charge in [-0.15, -0.1) is 0 Å². The molecule has 0 bridgehead atoms. The van der Waals surface area contributed by atoms with E-state index in [1.165, 1.54) is 25.0 Å². The van der Waals surface area contributed by atoms with Crippen LogP contribution in [0.25, 0.3) is 0 Å². The lowest BCUT2D eigenvalue weighted by atomic mass is 9.77. The fourth-order valence-corrected chi connectivity index (χ4v) is 5.73. The molecule has 0 N–H and O–H groups in total. The number of hydrogen-bond donors (Lipinski definition) is 0. The predicted octanol–water partition coefficient (Wildman–Crippen LogP) is 8.63. The summed E-state index contributed by atoms with van der Waals surface area (Å²) >= 11 is 14.5. The first-order valence-corrected chi connectivity index (χ1v) is 16.2. The smallest absolute Gasteiger partial charge is 0.308 e. The molecule has 4 atom stereocenters. The third-order valence-corrected chi connectivity index (χ3v) is 10.7. The normalized spacial score (nSPS) is 14.6. The lowest BCUT2D eigenvalue weighted by Gasteiger charge is -2.28. The highest BCUT2D eigenvalue weighted by Gasteiger charge is 2.25. The molecule has 4 nitrogen and oxygen atoms in total. The predicted molar refractivity (Wildman–Crippen MR) is 162 cm³/mol. The van der Waals surface area contributed by atoms with Gasteiger partial charge >= 0.3 is 11.9 Å². The molecule has 0 aliphatic heterocycles. The highest BCUT2D eigenvalue weighted by atomic mass is 79.9. The fourth-order valence-electron chi connectivity index (χ4n) is 4.58. The molecule has 0 radical (unpaired) electrons. The first-order valence-electron chi connectivity index (χ1n) is 12.2. The van der Waals surface area contributed by atoms with Crippen LogP contribution >= 0.6 is 63.7 Å². The van der Waals surface area contributed by atoms with E-state index < -0.39 is 0 Å². The molecule has 0 heterocycles. The van der Waals surface area contributed by atoms with Crippen molar-refractivity contribution in [2.45, 2.75) is 74.9 Å². The van der Waals surface area contributed by atoms with Gasteiger partial charge in [-0.3, -0.25) is 9.59 Å². The molecule has 2 aromatic carbocycles. The molecule has 0 amide bonds. The highest BCUT2D eigenvalue weighted by Crippen LogP contribution is 2.41. The van der Waals surface area contributed by atoms with Crippen LogP contribution in [0.4, 0.5) is 0 Å². The summed E-state index contributed by atoms with van der Waals surface area (Å²) in [7, 11) is 0. The van der Waals surface area contributed by atoms with Gasteiger partial charge < -0.3 is 9.47 Å². The molecule has 0 saturated carbocycles. The van der Waals surface area contributed by atoms with Gasteiger partial charge in [0.15, 0.2) is 0 Å². The average Bonchev–Trinajstić information content (AvgIpc) is 2.84. The monoisotopic (exact) mass is 750 g/mol. The molecule has 0 aromatic heterocycles. The van der Waals surface area contributed by atoms with Crippen LogP contribution < -0.4 is 9.47 Å². The van der Waals surface area contributed by atoms with E-state index in [0.29, 0.717) is 11.5 Å². The SMILES string of the molecule is CC[C@@H](c1ccc(OC(C)=O)c(C[C@H](Br)CBr)c1)[C@@H](CC)c1ccc(OC(C)=O)c(C[C@@H](Br)CBr)c1. The minimum atomic E-state index is -0.318. The largest absolute Gasteiger partial charge is 0.426 e. The summed E-state index contributed by atoms with van der Waals surface area (Å²) in [6.45, 7) is 7.29. The Balaban J connectivity index is 2.51. The second kappa shape index (κ2) is 15.6. The molecular formula is C28H34Br4O4. The van der Waals surface area contributed by atoms with Gasteiger partial charge in [0.2, 0.25) is 0 Å². The van der Waals surface area contributed by atoms with Crippen molar-refractivity contribution in [3.63, 3.8) is 0 Å². The Hall–Kier alpha value is -0.700. The maximum atomic E-state index is 11.7. The van der Waals surface area contributed by atoms with Crippen molar-refractivity contribution in [1.29, 1.82) is 0 Å². The van der Waals surface area contributed by atoms with Gasteiger partial charge in [-0.05, 0) is 71.9 Å². The Bertz CT molecular complexity index is 945. The Kier molecular flexibility index (Phi) is 13.7. The first kappa shape index (κ1) is 31.5. The number of carbonyl (C=O) groups is 2. The van der Waals surface area contributed by atoms with E-state index >= 15 is 0 Å². The second-order valence-corrected chi connectivity index (χ2v) is 12.7. The molecule has 198 valence electrons. The van der Waals surface area contributed by atoms with E-state index in [1.807, 2.05) is 12.1 Å². The van der Waals surface area contributed by atoms with E-state index in [9.17, 15) is 9.59 Å². The van der Waals surface area contributed by atoms with Gasteiger partial charge in [-0.1, -0.05) is 102 Å². The van der Waals surface area contributed by atoms with E-state index in [2.05, 4.69) is 102 Å². The topological polar surface area (TPSA) is 52.6 Å². The lowest BCUT2D eigenvalue weighted by Crippen LogP contribution is -2.14.